The molecule has 1 aliphatic rings. The van der Waals surface area contributed by atoms with Gasteiger partial charge in [-0.25, -0.2) is 14.6 Å². The number of aromatic nitrogens is 1. The minimum Gasteiger partial charge on any atom is -0.493 e. The number of hydrogen-bond donors (Lipinski definition) is 2. The van der Waals surface area contributed by atoms with E-state index in [1.54, 1.807) is 7.11 Å². The molecule has 0 amide bonds. The Bertz CT molecular complexity index is 1110. The average Bonchev–Trinajstić information content (AvgIpc) is 2.93. The van der Waals surface area contributed by atoms with Gasteiger partial charge >= 0.3 is 11.9 Å². The van der Waals surface area contributed by atoms with E-state index in [9.17, 15) is 0 Å². The number of carboxylic acid groups (broad SMARTS) is 2. The number of ether oxygens (including phenoxy) is 2. The van der Waals surface area contributed by atoms with Crippen molar-refractivity contribution < 1.29 is 29.3 Å². The number of hydrogen-bond acceptors (Lipinski definition) is 7. The molecule has 0 atom stereocenters. The summed E-state index contributed by atoms with van der Waals surface area (Å²) in [5.41, 5.74) is 2.56. The van der Waals surface area contributed by atoms with E-state index in [0.717, 1.165) is 62.9 Å². The smallest absolute Gasteiger partial charge is 0.414 e. The Labute approximate surface area is 216 Å². The van der Waals surface area contributed by atoms with E-state index in [1.807, 2.05) is 24.4 Å². The first-order valence-electron chi connectivity index (χ1n) is 12.1. The number of nitrogens with zero attached hydrogens (tertiary/aromatic N) is 3. The highest BCUT2D eigenvalue weighted by atomic mass is 16.5. The summed E-state index contributed by atoms with van der Waals surface area (Å²) in [6.45, 7) is 5.85. The summed E-state index contributed by atoms with van der Waals surface area (Å²) in [5, 5.41) is 14.8. The SMILES string of the molecule is COc1ccc(CCN2CCN(c3ccccn3)CC2)cc1OCCc1ccccc1.O=C(O)C(=O)O. The van der Waals surface area contributed by atoms with E-state index in [-0.39, 0.29) is 0 Å². The van der Waals surface area contributed by atoms with Crippen LogP contribution >= 0.6 is 0 Å². The third-order valence-corrected chi connectivity index (χ3v) is 5.96. The van der Waals surface area contributed by atoms with Gasteiger partial charge in [-0.3, -0.25) is 4.90 Å². The van der Waals surface area contributed by atoms with Crippen molar-refractivity contribution in [1.82, 2.24) is 9.88 Å². The maximum atomic E-state index is 9.10. The zero-order valence-electron chi connectivity index (χ0n) is 21.0. The lowest BCUT2D eigenvalue weighted by Crippen LogP contribution is -2.47. The van der Waals surface area contributed by atoms with E-state index in [1.165, 1.54) is 11.1 Å². The molecule has 0 radical (unpaired) electrons. The molecule has 2 N–H and O–H groups in total. The Kier molecular flexibility index (Phi) is 10.7. The van der Waals surface area contributed by atoms with Crippen molar-refractivity contribution in [1.29, 1.82) is 0 Å². The lowest BCUT2D eigenvalue weighted by atomic mass is 10.1. The molecule has 0 aliphatic carbocycles. The first kappa shape index (κ1) is 27.5. The van der Waals surface area contributed by atoms with Crippen molar-refractivity contribution in [3.8, 4) is 11.5 Å². The van der Waals surface area contributed by atoms with Gasteiger partial charge in [0.1, 0.15) is 5.82 Å². The van der Waals surface area contributed by atoms with Gasteiger partial charge in [-0.15, -0.1) is 0 Å². The van der Waals surface area contributed by atoms with Crippen LogP contribution < -0.4 is 14.4 Å². The van der Waals surface area contributed by atoms with Crippen LogP contribution in [0.25, 0.3) is 0 Å². The quantitative estimate of drug-likeness (QED) is 0.422. The number of benzene rings is 2. The standard InChI is InChI=1S/C26H31N3O2.C2H2O4/c1-30-24-11-10-23(21-25(24)31-20-13-22-7-3-2-4-8-22)12-15-28-16-18-29(19-17-28)26-9-5-6-14-27-26;3-1(4)2(5)6/h2-11,14,21H,12-13,15-20H2,1H3;(H,3,4)(H,5,6). The van der Waals surface area contributed by atoms with Gasteiger partial charge in [0.05, 0.1) is 13.7 Å². The van der Waals surface area contributed by atoms with Crippen LogP contribution in [-0.4, -0.2) is 78.5 Å². The number of anilines is 1. The molecule has 0 saturated carbocycles. The molecule has 37 heavy (non-hydrogen) atoms. The van der Waals surface area contributed by atoms with Crippen molar-refractivity contribution in [2.24, 2.45) is 0 Å². The summed E-state index contributed by atoms with van der Waals surface area (Å²) < 4.78 is 11.6. The Hall–Kier alpha value is -4.11. The molecule has 1 saturated heterocycles. The van der Waals surface area contributed by atoms with Crippen LogP contribution in [0.1, 0.15) is 11.1 Å². The molecule has 9 nitrogen and oxygen atoms in total. The van der Waals surface area contributed by atoms with Crippen LogP contribution in [0.4, 0.5) is 5.82 Å². The molecule has 196 valence electrons. The molecule has 1 fully saturated rings. The summed E-state index contributed by atoms with van der Waals surface area (Å²) in [7, 11) is 1.69. The molecule has 4 rings (SSSR count). The van der Waals surface area contributed by atoms with Crippen molar-refractivity contribution >= 4 is 17.8 Å². The lowest BCUT2D eigenvalue weighted by molar-refractivity contribution is -0.159. The molecule has 0 bridgehead atoms. The van der Waals surface area contributed by atoms with E-state index >= 15 is 0 Å². The van der Waals surface area contributed by atoms with Gasteiger partial charge < -0.3 is 24.6 Å². The van der Waals surface area contributed by atoms with Crippen LogP contribution in [-0.2, 0) is 22.4 Å². The molecule has 1 aromatic heterocycles. The number of carbonyl (C=O) groups is 2. The molecule has 3 aromatic rings. The third kappa shape index (κ3) is 9.12. The maximum Gasteiger partial charge on any atom is 0.414 e. The van der Waals surface area contributed by atoms with Crippen LogP contribution in [0.5, 0.6) is 11.5 Å². The molecule has 9 heteroatoms. The fourth-order valence-electron chi connectivity index (χ4n) is 3.94. The van der Waals surface area contributed by atoms with E-state index in [0.29, 0.717) is 6.61 Å². The summed E-state index contributed by atoms with van der Waals surface area (Å²) in [5.74, 6) is -0.948. The lowest BCUT2D eigenvalue weighted by Gasteiger charge is -2.35. The van der Waals surface area contributed by atoms with Gasteiger partial charge in [-0.2, -0.15) is 0 Å². The van der Waals surface area contributed by atoms with Gasteiger partial charge in [0.2, 0.25) is 0 Å². The topological polar surface area (TPSA) is 112 Å². The van der Waals surface area contributed by atoms with Crippen LogP contribution in [0.2, 0.25) is 0 Å². The number of pyridine rings is 1. The van der Waals surface area contributed by atoms with Crippen LogP contribution in [0.15, 0.2) is 72.9 Å². The second-order valence-electron chi connectivity index (χ2n) is 8.45. The second-order valence-corrected chi connectivity index (χ2v) is 8.45. The number of rotatable bonds is 9. The van der Waals surface area contributed by atoms with Crippen molar-refractivity contribution in [3.63, 3.8) is 0 Å². The summed E-state index contributed by atoms with van der Waals surface area (Å²) in [6, 6.07) is 22.8. The maximum absolute atomic E-state index is 9.10. The highest BCUT2D eigenvalue weighted by Gasteiger charge is 2.17. The van der Waals surface area contributed by atoms with Crippen molar-refractivity contribution in [3.05, 3.63) is 84.1 Å². The fraction of sp³-hybridized carbons (Fsp3) is 0.321. The Morgan fingerprint density at radius 1 is 0.838 bits per heavy atom. The number of methoxy groups -OCH3 is 1. The summed E-state index contributed by atoms with van der Waals surface area (Å²) >= 11 is 0. The largest absolute Gasteiger partial charge is 0.493 e. The molecule has 0 unspecified atom stereocenters. The number of piperazine rings is 1. The van der Waals surface area contributed by atoms with Crippen LogP contribution in [0, 0.1) is 0 Å². The minimum atomic E-state index is -1.82. The molecule has 2 aromatic carbocycles. The predicted molar refractivity (Wildman–Crippen MR) is 141 cm³/mol. The monoisotopic (exact) mass is 507 g/mol. The molecular weight excluding hydrogens is 474 g/mol. The number of aliphatic carboxylic acids is 2. The predicted octanol–water partition coefficient (Wildman–Crippen LogP) is 3.23. The molecule has 1 aliphatic heterocycles. The van der Waals surface area contributed by atoms with Gasteiger partial charge in [-0.05, 0) is 41.8 Å². The second kappa shape index (κ2) is 14.4. The number of carboxylic acids is 2. The zero-order valence-corrected chi connectivity index (χ0v) is 21.0. The minimum absolute atomic E-state index is 0.638. The Balaban J connectivity index is 0.000000568. The normalized spacial score (nSPS) is 13.3. The zero-order chi connectivity index (χ0) is 26.5. The first-order chi connectivity index (χ1) is 18.0. The average molecular weight is 508 g/mol. The van der Waals surface area contributed by atoms with Crippen LogP contribution in [0.3, 0.4) is 0 Å². The summed E-state index contributed by atoms with van der Waals surface area (Å²) in [6.07, 6.45) is 3.75. The van der Waals surface area contributed by atoms with Crippen molar-refractivity contribution in [2.45, 2.75) is 12.8 Å². The molecule has 2 heterocycles. The van der Waals surface area contributed by atoms with Gasteiger partial charge in [0.25, 0.3) is 0 Å². The van der Waals surface area contributed by atoms with Gasteiger partial charge in [-0.1, -0.05) is 42.5 Å². The first-order valence-corrected chi connectivity index (χ1v) is 12.1. The molecular formula is C28H33N3O6. The Morgan fingerprint density at radius 2 is 1.54 bits per heavy atom. The summed E-state index contributed by atoms with van der Waals surface area (Å²) in [4.78, 5) is 27.6. The van der Waals surface area contributed by atoms with Gasteiger partial charge in [0.15, 0.2) is 11.5 Å². The highest BCUT2D eigenvalue weighted by Crippen LogP contribution is 2.28. The van der Waals surface area contributed by atoms with E-state index < -0.39 is 11.9 Å². The third-order valence-electron chi connectivity index (χ3n) is 5.96. The van der Waals surface area contributed by atoms with Crippen molar-refractivity contribution in [2.75, 3.05) is 51.3 Å². The molecule has 0 spiro atoms. The highest BCUT2D eigenvalue weighted by molar-refractivity contribution is 6.27. The Morgan fingerprint density at radius 3 is 2.16 bits per heavy atom. The van der Waals surface area contributed by atoms with E-state index in [4.69, 9.17) is 29.3 Å². The fourth-order valence-corrected chi connectivity index (χ4v) is 3.94. The van der Waals surface area contributed by atoms with E-state index in [2.05, 4.69) is 63.3 Å². The van der Waals surface area contributed by atoms with Gasteiger partial charge in [0, 0.05) is 45.3 Å².